The Labute approximate surface area is 165 Å². The Balaban J connectivity index is 1.38. The third-order valence-corrected chi connectivity index (χ3v) is 5.03. The number of aromatic nitrogens is 1. The summed E-state index contributed by atoms with van der Waals surface area (Å²) in [6.45, 7) is 5.64. The van der Waals surface area contributed by atoms with Gasteiger partial charge in [0.15, 0.2) is 0 Å². The molecule has 1 fully saturated rings. The van der Waals surface area contributed by atoms with Crippen LogP contribution in [-0.2, 0) is 16.1 Å². The van der Waals surface area contributed by atoms with Crippen molar-refractivity contribution in [2.45, 2.75) is 6.54 Å². The highest BCUT2D eigenvalue weighted by Crippen LogP contribution is 2.21. The number of carbonyl (C=O) groups is 1. The van der Waals surface area contributed by atoms with Crippen LogP contribution in [0.1, 0.15) is 5.56 Å². The molecule has 5 heteroatoms. The van der Waals surface area contributed by atoms with E-state index < -0.39 is 0 Å². The van der Waals surface area contributed by atoms with Gasteiger partial charge in [0.2, 0.25) is 5.91 Å². The van der Waals surface area contributed by atoms with Crippen molar-refractivity contribution in [2.24, 2.45) is 0 Å². The highest BCUT2D eigenvalue weighted by Gasteiger charge is 2.10. The van der Waals surface area contributed by atoms with Crippen LogP contribution in [0, 0.1) is 0 Å². The van der Waals surface area contributed by atoms with Crippen LogP contribution in [0.5, 0.6) is 0 Å². The van der Waals surface area contributed by atoms with E-state index in [0.29, 0.717) is 0 Å². The van der Waals surface area contributed by atoms with E-state index in [1.54, 1.807) is 6.08 Å². The fourth-order valence-corrected chi connectivity index (χ4v) is 3.47. The first-order chi connectivity index (χ1) is 13.8. The quantitative estimate of drug-likeness (QED) is 0.670. The summed E-state index contributed by atoms with van der Waals surface area (Å²) in [7, 11) is 0. The molecule has 1 aliphatic heterocycles. The van der Waals surface area contributed by atoms with Crippen molar-refractivity contribution < 1.29 is 9.53 Å². The molecule has 0 atom stereocenters. The summed E-state index contributed by atoms with van der Waals surface area (Å²) in [6, 6.07) is 18.0. The van der Waals surface area contributed by atoms with Crippen molar-refractivity contribution in [3.8, 4) is 0 Å². The van der Waals surface area contributed by atoms with Crippen LogP contribution < -0.4 is 5.32 Å². The number of anilines is 1. The van der Waals surface area contributed by atoms with Crippen LogP contribution in [0.15, 0.2) is 66.9 Å². The fourth-order valence-electron chi connectivity index (χ4n) is 3.47. The summed E-state index contributed by atoms with van der Waals surface area (Å²) in [5, 5.41) is 4.07. The van der Waals surface area contributed by atoms with Gasteiger partial charge in [0.1, 0.15) is 0 Å². The minimum atomic E-state index is -0.130. The zero-order chi connectivity index (χ0) is 19.2. The predicted molar refractivity (Wildman–Crippen MR) is 113 cm³/mol. The number of nitrogens with zero attached hydrogens (tertiary/aromatic N) is 2. The minimum absolute atomic E-state index is 0.130. The molecule has 0 aliphatic carbocycles. The van der Waals surface area contributed by atoms with Crippen molar-refractivity contribution in [1.29, 1.82) is 0 Å². The number of rotatable bonds is 6. The molecule has 0 bridgehead atoms. The molecule has 5 nitrogen and oxygen atoms in total. The summed E-state index contributed by atoms with van der Waals surface area (Å²) in [5.41, 5.74) is 3.00. The van der Waals surface area contributed by atoms with Gasteiger partial charge in [-0.1, -0.05) is 30.3 Å². The van der Waals surface area contributed by atoms with E-state index in [4.69, 9.17) is 4.74 Å². The lowest BCUT2D eigenvalue weighted by Crippen LogP contribution is -2.38. The van der Waals surface area contributed by atoms with Gasteiger partial charge < -0.3 is 14.6 Å². The van der Waals surface area contributed by atoms with Crippen LogP contribution in [-0.4, -0.2) is 48.2 Å². The van der Waals surface area contributed by atoms with Crippen LogP contribution in [0.2, 0.25) is 0 Å². The highest BCUT2D eigenvalue weighted by atomic mass is 16.5. The molecule has 0 spiro atoms. The third kappa shape index (κ3) is 4.68. The minimum Gasteiger partial charge on any atom is -0.379 e. The zero-order valence-corrected chi connectivity index (χ0v) is 15.9. The Hall–Kier alpha value is -2.89. The van der Waals surface area contributed by atoms with E-state index in [-0.39, 0.29) is 5.91 Å². The largest absolute Gasteiger partial charge is 0.379 e. The van der Waals surface area contributed by atoms with E-state index in [1.807, 2.05) is 48.5 Å². The Morgan fingerprint density at radius 2 is 1.86 bits per heavy atom. The smallest absolute Gasteiger partial charge is 0.248 e. The number of morpholine rings is 1. The monoisotopic (exact) mass is 375 g/mol. The number of carbonyl (C=O) groups excluding carboxylic acids is 1. The van der Waals surface area contributed by atoms with Crippen molar-refractivity contribution >= 4 is 28.6 Å². The third-order valence-electron chi connectivity index (χ3n) is 5.03. The fraction of sp³-hybridized carbons (Fsp3) is 0.261. The van der Waals surface area contributed by atoms with Crippen molar-refractivity contribution in [3.63, 3.8) is 0 Å². The van der Waals surface area contributed by atoms with E-state index in [9.17, 15) is 4.79 Å². The molecule has 0 unspecified atom stereocenters. The van der Waals surface area contributed by atoms with Gasteiger partial charge >= 0.3 is 0 Å². The number of amides is 1. The van der Waals surface area contributed by atoms with Gasteiger partial charge in [-0.2, -0.15) is 0 Å². The number of hydrogen-bond acceptors (Lipinski definition) is 3. The molecule has 28 heavy (non-hydrogen) atoms. The van der Waals surface area contributed by atoms with Gasteiger partial charge in [-0.25, -0.2) is 0 Å². The number of nitrogens with one attached hydrogen (secondary N) is 1. The first kappa shape index (κ1) is 18.5. The van der Waals surface area contributed by atoms with Crippen LogP contribution in [0.25, 0.3) is 17.0 Å². The average molecular weight is 375 g/mol. The molecule has 1 amide bonds. The Morgan fingerprint density at radius 1 is 1.04 bits per heavy atom. The molecule has 144 valence electrons. The molecule has 1 saturated heterocycles. The molecular weight excluding hydrogens is 350 g/mol. The lowest BCUT2D eigenvalue weighted by Gasteiger charge is -2.26. The standard InChI is InChI=1S/C23H25N3O2/c27-23(9-6-19-4-2-1-3-5-19)24-21-7-8-22-20(18-21)10-11-26(22)13-12-25-14-16-28-17-15-25/h1-11,18H,12-17H2,(H,24,27)/b9-6+. The first-order valence-corrected chi connectivity index (χ1v) is 9.71. The van der Waals surface area contributed by atoms with Crippen LogP contribution >= 0.6 is 0 Å². The first-order valence-electron chi connectivity index (χ1n) is 9.71. The van der Waals surface area contributed by atoms with E-state index >= 15 is 0 Å². The number of ether oxygens (including phenoxy) is 1. The van der Waals surface area contributed by atoms with Gasteiger partial charge in [0.05, 0.1) is 13.2 Å². The average Bonchev–Trinajstić information content (AvgIpc) is 3.14. The van der Waals surface area contributed by atoms with Gasteiger partial charge in [-0.15, -0.1) is 0 Å². The Kier molecular flexibility index (Phi) is 5.85. The van der Waals surface area contributed by atoms with Gasteiger partial charge in [0.25, 0.3) is 0 Å². The van der Waals surface area contributed by atoms with E-state index in [2.05, 4.69) is 33.1 Å². The molecule has 3 aromatic rings. The van der Waals surface area contributed by atoms with Crippen LogP contribution in [0.3, 0.4) is 0 Å². The second kappa shape index (κ2) is 8.87. The summed E-state index contributed by atoms with van der Waals surface area (Å²) in [5.74, 6) is -0.130. The van der Waals surface area contributed by atoms with Crippen molar-refractivity contribution in [1.82, 2.24) is 9.47 Å². The van der Waals surface area contributed by atoms with Gasteiger partial charge in [0, 0.05) is 55.0 Å². The molecule has 2 aromatic carbocycles. The molecule has 2 heterocycles. The van der Waals surface area contributed by atoms with Gasteiger partial charge in [-0.05, 0) is 35.9 Å². The predicted octanol–water partition coefficient (Wildman–Crippen LogP) is 3.63. The number of benzene rings is 2. The number of fused-ring (bicyclic) bond motifs is 1. The molecule has 4 rings (SSSR count). The molecule has 1 aliphatic rings. The highest BCUT2D eigenvalue weighted by molar-refractivity contribution is 6.03. The Morgan fingerprint density at radius 3 is 2.68 bits per heavy atom. The zero-order valence-electron chi connectivity index (χ0n) is 15.9. The SMILES string of the molecule is O=C(/C=C/c1ccccc1)Nc1ccc2c(ccn2CCN2CCOCC2)c1. The second-order valence-corrected chi connectivity index (χ2v) is 6.97. The molecule has 0 radical (unpaired) electrons. The number of hydrogen-bond donors (Lipinski definition) is 1. The summed E-state index contributed by atoms with van der Waals surface area (Å²) in [4.78, 5) is 14.6. The summed E-state index contributed by atoms with van der Waals surface area (Å²) >= 11 is 0. The van der Waals surface area contributed by atoms with E-state index in [0.717, 1.165) is 56.0 Å². The van der Waals surface area contributed by atoms with Crippen molar-refractivity contribution in [2.75, 3.05) is 38.2 Å². The lowest BCUT2D eigenvalue weighted by molar-refractivity contribution is -0.111. The molecule has 0 saturated carbocycles. The normalized spacial score (nSPS) is 15.3. The topological polar surface area (TPSA) is 46.5 Å². The maximum atomic E-state index is 12.2. The summed E-state index contributed by atoms with van der Waals surface area (Å²) < 4.78 is 7.68. The molecule has 1 N–H and O–H groups in total. The maximum absolute atomic E-state index is 12.2. The Bertz CT molecular complexity index is 956. The van der Waals surface area contributed by atoms with E-state index in [1.165, 1.54) is 5.52 Å². The van der Waals surface area contributed by atoms with Crippen LogP contribution in [0.4, 0.5) is 5.69 Å². The molecule has 1 aromatic heterocycles. The maximum Gasteiger partial charge on any atom is 0.248 e. The lowest BCUT2D eigenvalue weighted by atomic mass is 10.2. The summed E-state index contributed by atoms with van der Waals surface area (Å²) in [6.07, 6.45) is 5.50. The molecular formula is C23H25N3O2. The van der Waals surface area contributed by atoms with Crippen molar-refractivity contribution in [3.05, 3.63) is 72.4 Å². The second-order valence-electron chi connectivity index (χ2n) is 6.97. The van der Waals surface area contributed by atoms with Gasteiger partial charge in [-0.3, -0.25) is 9.69 Å².